The third kappa shape index (κ3) is 2.82. The third-order valence-corrected chi connectivity index (χ3v) is 4.32. The quantitative estimate of drug-likeness (QED) is 0.885. The van der Waals surface area contributed by atoms with Crippen LogP contribution >= 0.6 is 0 Å². The standard InChI is InChI=1S/C17H19NO5/c1-10(19)14-15(11-4-6-12(20)7-5-11)18(17(22)16(14)21)9-13-3-2-8-23-13/h4-7,13,15,20-21H,2-3,8-9H2,1H3/t13-,15+/m0/s1. The fraction of sp³-hybridized carbons (Fsp3) is 0.412. The number of phenols is 1. The summed E-state index contributed by atoms with van der Waals surface area (Å²) in [6.45, 7) is 2.32. The molecule has 122 valence electrons. The Kier molecular flexibility index (Phi) is 4.09. The molecule has 6 nitrogen and oxygen atoms in total. The molecular formula is C17H19NO5. The number of aliphatic hydroxyl groups is 1. The molecule has 0 bridgehead atoms. The Morgan fingerprint density at radius 1 is 1.30 bits per heavy atom. The number of aromatic hydroxyl groups is 1. The number of rotatable bonds is 4. The van der Waals surface area contributed by atoms with Crippen molar-refractivity contribution >= 4 is 11.7 Å². The summed E-state index contributed by atoms with van der Waals surface area (Å²) in [5.41, 5.74) is 0.766. The maximum Gasteiger partial charge on any atom is 0.290 e. The largest absolute Gasteiger partial charge is 0.508 e. The lowest BCUT2D eigenvalue weighted by molar-refractivity contribution is -0.131. The molecule has 2 aliphatic heterocycles. The van der Waals surface area contributed by atoms with Crippen molar-refractivity contribution in [2.24, 2.45) is 0 Å². The monoisotopic (exact) mass is 317 g/mol. The van der Waals surface area contributed by atoms with Crippen LogP contribution < -0.4 is 0 Å². The number of hydrogen-bond donors (Lipinski definition) is 2. The minimum absolute atomic E-state index is 0.0855. The number of hydrogen-bond acceptors (Lipinski definition) is 5. The van der Waals surface area contributed by atoms with Crippen molar-refractivity contribution in [3.8, 4) is 5.75 Å². The predicted molar refractivity (Wildman–Crippen MR) is 81.9 cm³/mol. The van der Waals surface area contributed by atoms with E-state index >= 15 is 0 Å². The first-order valence-electron chi connectivity index (χ1n) is 7.64. The fourth-order valence-corrected chi connectivity index (χ4v) is 3.21. The van der Waals surface area contributed by atoms with E-state index in [1.807, 2.05) is 0 Å². The highest BCUT2D eigenvalue weighted by Gasteiger charge is 2.43. The van der Waals surface area contributed by atoms with Gasteiger partial charge in [0.05, 0.1) is 17.7 Å². The van der Waals surface area contributed by atoms with Crippen LogP contribution in [0.2, 0.25) is 0 Å². The number of phenolic OH excluding ortho intramolecular Hbond substituents is 1. The van der Waals surface area contributed by atoms with E-state index in [0.717, 1.165) is 12.8 Å². The summed E-state index contributed by atoms with van der Waals surface area (Å²) in [5, 5.41) is 19.6. The zero-order valence-corrected chi connectivity index (χ0v) is 12.9. The van der Waals surface area contributed by atoms with Crippen LogP contribution in [0.4, 0.5) is 0 Å². The van der Waals surface area contributed by atoms with E-state index in [1.165, 1.54) is 24.0 Å². The van der Waals surface area contributed by atoms with Crippen LogP contribution in [0.1, 0.15) is 31.4 Å². The molecule has 1 fully saturated rings. The second kappa shape index (κ2) is 6.04. The summed E-state index contributed by atoms with van der Waals surface area (Å²) in [4.78, 5) is 25.9. The Balaban J connectivity index is 1.98. The topological polar surface area (TPSA) is 87.1 Å². The van der Waals surface area contributed by atoms with Crippen molar-refractivity contribution in [1.29, 1.82) is 0 Å². The van der Waals surface area contributed by atoms with E-state index in [-0.39, 0.29) is 23.2 Å². The van der Waals surface area contributed by atoms with E-state index in [0.29, 0.717) is 18.7 Å². The Morgan fingerprint density at radius 2 is 2.00 bits per heavy atom. The molecule has 3 rings (SSSR count). The molecule has 1 aromatic carbocycles. The van der Waals surface area contributed by atoms with Crippen LogP contribution in [0.3, 0.4) is 0 Å². The minimum atomic E-state index is -0.648. The number of ether oxygens (including phenoxy) is 1. The van der Waals surface area contributed by atoms with Crippen LogP contribution in [-0.4, -0.2) is 46.1 Å². The van der Waals surface area contributed by atoms with Crippen LogP contribution in [0.25, 0.3) is 0 Å². The molecule has 0 aromatic heterocycles. The average Bonchev–Trinajstić information content (AvgIpc) is 3.10. The van der Waals surface area contributed by atoms with Gasteiger partial charge in [-0.1, -0.05) is 12.1 Å². The molecule has 1 amide bonds. The maximum atomic E-state index is 12.4. The molecule has 1 saturated heterocycles. The Labute approximate surface area is 134 Å². The fourth-order valence-electron chi connectivity index (χ4n) is 3.21. The van der Waals surface area contributed by atoms with Gasteiger partial charge in [0.25, 0.3) is 5.91 Å². The minimum Gasteiger partial charge on any atom is -0.508 e. The van der Waals surface area contributed by atoms with Gasteiger partial charge in [-0.2, -0.15) is 0 Å². The lowest BCUT2D eigenvalue weighted by Crippen LogP contribution is -2.37. The second-order valence-electron chi connectivity index (χ2n) is 5.91. The molecule has 2 atom stereocenters. The molecule has 2 N–H and O–H groups in total. The van der Waals surface area contributed by atoms with Gasteiger partial charge in [0.1, 0.15) is 5.75 Å². The first-order chi connectivity index (χ1) is 11.0. The van der Waals surface area contributed by atoms with Gasteiger partial charge in [0.15, 0.2) is 11.5 Å². The highest BCUT2D eigenvalue weighted by atomic mass is 16.5. The van der Waals surface area contributed by atoms with E-state index in [1.54, 1.807) is 12.1 Å². The molecule has 2 aliphatic rings. The van der Waals surface area contributed by atoms with E-state index in [9.17, 15) is 19.8 Å². The summed E-state index contributed by atoms with van der Waals surface area (Å²) in [6, 6.07) is 5.65. The van der Waals surface area contributed by atoms with Crippen molar-refractivity contribution in [2.75, 3.05) is 13.2 Å². The Hall–Kier alpha value is -2.34. The molecule has 0 saturated carbocycles. The first kappa shape index (κ1) is 15.6. The van der Waals surface area contributed by atoms with Crippen LogP contribution in [0.5, 0.6) is 5.75 Å². The van der Waals surface area contributed by atoms with Crippen molar-refractivity contribution < 1.29 is 24.5 Å². The highest BCUT2D eigenvalue weighted by Crippen LogP contribution is 2.38. The van der Waals surface area contributed by atoms with Gasteiger partial charge in [-0.25, -0.2) is 0 Å². The van der Waals surface area contributed by atoms with Crippen molar-refractivity contribution in [1.82, 2.24) is 4.90 Å². The lowest BCUT2D eigenvalue weighted by atomic mass is 9.96. The summed E-state index contributed by atoms with van der Waals surface area (Å²) >= 11 is 0. The summed E-state index contributed by atoms with van der Waals surface area (Å²) in [7, 11) is 0. The third-order valence-electron chi connectivity index (χ3n) is 4.32. The normalized spacial score (nSPS) is 24.6. The van der Waals surface area contributed by atoms with Gasteiger partial charge in [0.2, 0.25) is 0 Å². The molecule has 0 aliphatic carbocycles. The molecule has 0 radical (unpaired) electrons. The van der Waals surface area contributed by atoms with Crippen molar-refractivity contribution in [2.45, 2.75) is 31.9 Å². The smallest absolute Gasteiger partial charge is 0.290 e. The number of ketones is 1. The zero-order valence-electron chi connectivity index (χ0n) is 12.9. The number of carbonyl (C=O) groups is 2. The highest BCUT2D eigenvalue weighted by molar-refractivity contribution is 6.08. The van der Waals surface area contributed by atoms with E-state index in [2.05, 4.69) is 0 Å². The van der Waals surface area contributed by atoms with Gasteiger partial charge in [-0.3, -0.25) is 9.59 Å². The van der Waals surface area contributed by atoms with E-state index < -0.39 is 17.7 Å². The van der Waals surface area contributed by atoms with Crippen molar-refractivity contribution in [3.63, 3.8) is 0 Å². The van der Waals surface area contributed by atoms with Gasteiger partial charge in [-0.15, -0.1) is 0 Å². The number of Topliss-reactive ketones (excluding diaryl/α,β-unsaturated/α-hetero) is 1. The van der Waals surface area contributed by atoms with E-state index in [4.69, 9.17) is 4.74 Å². The Bertz CT molecular complexity index is 658. The summed E-state index contributed by atoms with van der Waals surface area (Å²) < 4.78 is 5.58. The molecule has 2 heterocycles. The van der Waals surface area contributed by atoms with Gasteiger partial charge >= 0.3 is 0 Å². The van der Waals surface area contributed by atoms with Gasteiger partial charge in [-0.05, 0) is 37.5 Å². The molecule has 0 spiro atoms. The number of amides is 1. The molecule has 0 unspecified atom stereocenters. The lowest BCUT2D eigenvalue weighted by Gasteiger charge is -2.28. The van der Waals surface area contributed by atoms with Crippen LogP contribution in [0.15, 0.2) is 35.6 Å². The molecular weight excluding hydrogens is 298 g/mol. The molecule has 23 heavy (non-hydrogen) atoms. The van der Waals surface area contributed by atoms with Crippen molar-refractivity contribution in [3.05, 3.63) is 41.2 Å². The van der Waals surface area contributed by atoms with Crippen LogP contribution in [0, 0.1) is 0 Å². The molecule has 6 heteroatoms. The maximum absolute atomic E-state index is 12.4. The number of aliphatic hydroxyl groups excluding tert-OH is 1. The summed E-state index contributed by atoms with van der Waals surface area (Å²) in [6.07, 6.45) is 1.70. The number of benzene rings is 1. The van der Waals surface area contributed by atoms with Gasteiger partial charge in [0, 0.05) is 13.2 Å². The predicted octanol–water partition coefficient (Wildman–Crippen LogP) is 1.86. The number of nitrogens with zero attached hydrogens (tertiary/aromatic N) is 1. The molecule has 1 aromatic rings. The van der Waals surface area contributed by atoms with Gasteiger partial charge < -0.3 is 19.8 Å². The number of carbonyl (C=O) groups excluding carboxylic acids is 2. The second-order valence-corrected chi connectivity index (χ2v) is 5.91. The first-order valence-corrected chi connectivity index (χ1v) is 7.64. The SMILES string of the molecule is CC(=O)C1=C(O)C(=O)N(C[C@@H]2CCCO2)[C@@H]1c1ccc(O)cc1. The zero-order chi connectivity index (χ0) is 16.6. The Morgan fingerprint density at radius 3 is 2.57 bits per heavy atom. The average molecular weight is 317 g/mol. The summed E-state index contributed by atoms with van der Waals surface area (Å²) in [5.74, 6) is -1.29. The van der Waals surface area contributed by atoms with Crippen LogP contribution in [-0.2, 0) is 14.3 Å².